The van der Waals surface area contributed by atoms with Gasteiger partial charge in [-0.2, -0.15) is 0 Å². The highest BCUT2D eigenvalue weighted by molar-refractivity contribution is 5.93. The van der Waals surface area contributed by atoms with Gasteiger partial charge in [-0.1, -0.05) is 0 Å². The Bertz CT molecular complexity index is 239. The molecule has 0 radical (unpaired) electrons. The number of ketones is 1. The summed E-state index contributed by atoms with van der Waals surface area (Å²) in [7, 11) is 0. The summed E-state index contributed by atoms with van der Waals surface area (Å²) in [6.45, 7) is 2.71. The van der Waals surface area contributed by atoms with E-state index in [4.69, 9.17) is 4.74 Å². The second-order valence-corrected chi connectivity index (χ2v) is 2.20. The van der Waals surface area contributed by atoms with Crippen LogP contribution in [0.3, 0.4) is 0 Å². The van der Waals surface area contributed by atoms with Gasteiger partial charge in [0, 0.05) is 6.92 Å². The van der Waals surface area contributed by atoms with E-state index in [1.54, 1.807) is 0 Å². The van der Waals surface area contributed by atoms with Crippen LogP contribution in [0, 0.1) is 0 Å². The van der Waals surface area contributed by atoms with E-state index >= 15 is 0 Å². The van der Waals surface area contributed by atoms with E-state index in [1.807, 2.05) is 0 Å². The maximum absolute atomic E-state index is 10.7. The van der Waals surface area contributed by atoms with Crippen molar-refractivity contribution in [2.75, 3.05) is 6.61 Å². The Morgan fingerprint density at radius 1 is 1.55 bits per heavy atom. The molecule has 0 amide bonds. The van der Waals surface area contributed by atoms with Crippen molar-refractivity contribution in [2.24, 2.45) is 0 Å². The zero-order valence-electron chi connectivity index (χ0n) is 6.34. The Morgan fingerprint density at radius 2 is 2.18 bits per heavy atom. The van der Waals surface area contributed by atoms with Gasteiger partial charge in [-0.3, -0.25) is 4.79 Å². The number of carbonyl (C=O) groups is 2. The molecule has 0 saturated heterocycles. The Labute approximate surface area is 63.8 Å². The lowest BCUT2D eigenvalue weighted by Gasteiger charge is -2.15. The molecule has 1 rings (SSSR count). The normalized spacial score (nSPS) is 17.5. The van der Waals surface area contributed by atoms with Crippen molar-refractivity contribution in [1.82, 2.24) is 0 Å². The molecule has 1 heterocycles. The van der Waals surface area contributed by atoms with Crippen molar-refractivity contribution >= 4 is 11.8 Å². The number of hydrogen-bond donors (Lipinski definition) is 0. The zero-order chi connectivity index (χ0) is 8.43. The lowest BCUT2D eigenvalue weighted by Crippen LogP contribution is -2.21. The summed E-state index contributed by atoms with van der Waals surface area (Å²) in [5.74, 6) is -0.305. The maximum atomic E-state index is 10.7. The first-order valence-electron chi connectivity index (χ1n) is 3.16. The maximum Gasteiger partial charge on any atom is 0.349 e. The number of carbonyl (C=O) groups excluding carboxylic acids is 2. The second-order valence-electron chi connectivity index (χ2n) is 2.20. The molecule has 0 atom stereocenters. The van der Waals surface area contributed by atoms with E-state index in [0.29, 0.717) is 0 Å². The van der Waals surface area contributed by atoms with Crippen LogP contribution in [0.25, 0.3) is 0 Å². The van der Waals surface area contributed by atoms with Gasteiger partial charge in [0.2, 0.25) is 5.76 Å². The molecule has 0 saturated carbocycles. The van der Waals surface area contributed by atoms with Gasteiger partial charge in [-0.25, -0.2) is 4.79 Å². The quantitative estimate of drug-likeness (QED) is 0.515. The molecule has 0 fully saturated rings. The lowest BCUT2D eigenvalue weighted by molar-refractivity contribution is -0.148. The Balaban J connectivity index is 2.86. The van der Waals surface area contributed by atoms with E-state index in [1.165, 1.54) is 13.8 Å². The fourth-order valence-corrected chi connectivity index (χ4v) is 0.829. The standard InChI is InChI=1S/C7H8O4/c1-4(8)7-5(2)11-6(9)3-10-7/h3H2,1-2H3. The number of allylic oxidation sites excluding steroid dienone is 2. The highest BCUT2D eigenvalue weighted by atomic mass is 16.6. The molecule has 0 bridgehead atoms. The molecule has 0 unspecified atom stereocenters. The van der Waals surface area contributed by atoms with Gasteiger partial charge in [0.1, 0.15) is 0 Å². The predicted molar refractivity (Wildman–Crippen MR) is 35.4 cm³/mol. The molecule has 60 valence electrons. The smallest absolute Gasteiger partial charge is 0.349 e. The topological polar surface area (TPSA) is 52.6 Å². The van der Waals surface area contributed by atoms with Crippen LogP contribution in [-0.2, 0) is 19.1 Å². The molecule has 0 N–H and O–H groups in total. The number of cyclic esters (lactones) is 1. The van der Waals surface area contributed by atoms with Crippen molar-refractivity contribution < 1.29 is 19.1 Å². The van der Waals surface area contributed by atoms with Crippen LogP contribution in [0.15, 0.2) is 11.5 Å². The van der Waals surface area contributed by atoms with Gasteiger partial charge < -0.3 is 9.47 Å². The highest BCUT2D eigenvalue weighted by Gasteiger charge is 2.20. The first-order chi connectivity index (χ1) is 5.11. The summed E-state index contributed by atoms with van der Waals surface area (Å²) in [6, 6.07) is 0. The van der Waals surface area contributed by atoms with E-state index in [2.05, 4.69) is 4.74 Å². The summed E-state index contributed by atoms with van der Waals surface area (Å²) in [4.78, 5) is 21.3. The molecule has 0 aromatic rings. The summed E-state index contributed by atoms with van der Waals surface area (Å²) >= 11 is 0. The highest BCUT2D eigenvalue weighted by Crippen LogP contribution is 2.13. The minimum absolute atomic E-state index is 0.143. The third-order valence-electron chi connectivity index (χ3n) is 1.24. The molecule has 1 aliphatic rings. The van der Waals surface area contributed by atoms with Crippen molar-refractivity contribution in [2.45, 2.75) is 13.8 Å². The summed E-state index contributed by atoms with van der Waals surface area (Å²) < 4.78 is 9.47. The molecule has 1 aliphatic heterocycles. The molecular formula is C7H8O4. The van der Waals surface area contributed by atoms with Crippen LogP contribution in [0.2, 0.25) is 0 Å². The SMILES string of the molecule is CC(=O)C1=C(C)OC(=O)CO1. The van der Waals surface area contributed by atoms with Crippen LogP contribution in [-0.4, -0.2) is 18.4 Å². The first-order valence-corrected chi connectivity index (χ1v) is 3.16. The summed E-state index contributed by atoms with van der Waals surface area (Å²) in [6.07, 6.45) is 0. The van der Waals surface area contributed by atoms with E-state index < -0.39 is 5.97 Å². The average Bonchev–Trinajstić information content (AvgIpc) is 1.85. The minimum atomic E-state index is -0.465. The van der Waals surface area contributed by atoms with Crippen LogP contribution in [0.5, 0.6) is 0 Å². The Hall–Kier alpha value is -1.32. The van der Waals surface area contributed by atoms with Gasteiger partial charge in [0.05, 0.1) is 0 Å². The zero-order valence-corrected chi connectivity index (χ0v) is 6.34. The van der Waals surface area contributed by atoms with Crippen molar-refractivity contribution in [3.8, 4) is 0 Å². The van der Waals surface area contributed by atoms with Gasteiger partial charge >= 0.3 is 5.97 Å². The van der Waals surface area contributed by atoms with E-state index in [9.17, 15) is 9.59 Å². The number of esters is 1. The molecule has 0 aromatic heterocycles. The fourth-order valence-electron chi connectivity index (χ4n) is 0.829. The molecule has 4 nitrogen and oxygen atoms in total. The molecule has 11 heavy (non-hydrogen) atoms. The molecule has 0 aromatic carbocycles. The molecule has 0 aliphatic carbocycles. The number of rotatable bonds is 1. The van der Waals surface area contributed by atoms with Gasteiger partial charge in [0.25, 0.3) is 0 Å². The first kappa shape index (κ1) is 7.78. The Kier molecular flexibility index (Phi) is 1.94. The Morgan fingerprint density at radius 3 is 2.64 bits per heavy atom. The van der Waals surface area contributed by atoms with Crippen LogP contribution < -0.4 is 0 Å². The lowest BCUT2D eigenvalue weighted by atomic mass is 10.3. The van der Waals surface area contributed by atoms with Crippen LogP contribution in [0.1, 0.15) is 13.8 Å². The monoisotopic (exact) mass is 156 g/mol. The number of Topliss-reactive ketones (excluding diaryl/α,β-unsaturated/α-hetero) is 1. The largest absolute Gasteiger partial charge is 0.475 e. The minimum Gasteiger partial charge on any atom is -0.475 e. The van der Waals surface area contributed by atoms with Crippen molar-refractivity contribution in [1.29, 1.82) is 0 Å². The summed E-state index contributed by atoms with van der Waals surface area (Å²) in [5.41, 5.74) is 0. The van der Waals surface area contributed by atoms with Gasteiger partial charge in [-0.15, -0.1) is 0 Å². The van der Waals surface area contributed by atoms with Crippen LogP contribution >= 0.6 is 0 Å². The van der Waals surface area contributed by atoms with E-state index in [-0.39, 0.29) is 23.9 Å². The number of ether oxygens (including phenoxy) is 2. The fraction of sp³-hybridized carbons (Fsp3) is 0.429. The number of hydrogen-bond acceptors (Lipinski definition) is 4. The van der Waals surface area contributed by atoms with Gasteiger partial charge in [-0.05, 0) is 6.92 Å². The molecular weight excluding hydrogens is 148 g/mol. The molecule has 4 heteroatoms. The van der Waals surface area contributed by atoms with Crippen molar-refractivity contribution in [3.63, 3.8) is 0 Å². The molecule has 0 spiro atoms. The third-order valence-corrected chi connectivity index (χ3v) is 1.24. The second kappa shape index (κ2) is 2.74. The average molecular weight is 156 g/mol. The summed E-state index contributed by atoms with van der Waals surface area (Å²) in [5, 5.41) is 0. The predicted octanol–water partition coefficient (Wildman–Crippen LogP) is 0.380. The van der Waals surface area contributed by atoms with Crippen LogP contribution in [0.4, 0.5) is 0 Å². The van der Waals surface area contributed by atoms with E-state index in [0.717, 1.165) is 0 Å². The van der Waals surface area contributed by atoms with Gasteiger partial charge in [0.15, 0.2) is 18.1 Å². The van der Waals surface area contributed by atoms with Crippen molar-refractivity contribution in [3.05, 3.63) is 11.5 Å². The third kappa shape index (κ3) is 1.58.